The van der Waals surface area contributed by atoms with E-state index in [1.165, 1.54) is 33.4 Å². The molecule has 1 atom stereocenters. The normalized spacial score (nSPS) is 14.6. The first-order chi connectivity index (χ1) is 21.9. The van der Waals surface area contributed by atoms with Gasteiger partial charge >= 0.3 is 0 Å². The lowest BCUT2D eigenvalue weighted by atomic mass is 10.0. The van der Waals surface area contributed by atoms with E-state index in [1.54, 1.807) is 18.2 Å². The van der Waals surface area contributed by atoms with E-state index < -0.39 is 0 Å². The zero-order chi connectivity index (χ0) is 34.8. The average Bonchev–Trinajstić information content (AvgIpc) is 3.55. The van der Waals surface area contributed by atoms with Gasteiger partial charge in [-0.05, 0) is 110 Å². The molecule has 1 saturated heterocycles. The van der Waals surface area contributed by atoms with Crippen LogP contribution in [-0.4, -0.2) is 41.5 Å². The number of aliphatic imine (C=N–C) groups is 3. The maximum Gasteiger partial charge on any atom is 0.124 e. The Bertz CT molecular complexity index is 1400. The fraction of sp³-hybridized carbons (Fsp3) is 0.390. The molecule has 0 saturated carbocycles. The molecule has 4 rings (SSSR count). The van der Waals surface area contributed by atoms with E-state index in [2.05, 4.69) is 84.0 Å². The first kappa shape index (κ1) is 39.9. The maximum atomic E-state index is 9.66. The number of rotatable bonds is 7. The lowest BCUT2D eigenvalue weighted by Gasteiger charge is -2.10. The fourth-order valence-corrected chi connectivity index (χ4v) is 5.09. The van der Waals surface area contributed by atoms with E-state index in [4.69, 9.17) is 14.7 Å². The number of hydrogen-bond donors (Lipinski definition) is 1. The topological polar surface area (TPSA) is 66.5 Å². The van der Waals surface area contributed by atoms with Crippen molar-refractivity contribution in [3.05, 3.63) is 113 Å². The molecule has 3 aromatic rings. The van der Waals surface area contributed by atoms with Gasteiger partial charge in [0.15, 0.2) is 0 Å². The first-order valence-corrected chi connectivity index (χ1v) is 16.3. The van der Waals surface area contributed by atoms with Crippen LogP contribution in [0.25, 0.3) is 0 Å². The molecule has 3 aromatic carbocycles. The summed E-state index contributed by atoms with van der Waals surface area (Å²) in [5, 5.41) is 9.66. The largest absolute Gasteiger partial charge is 0.507 e. The molecule has 0 radical (unpaired) electrons. The SMILES string of the molecule is C=CC=C.CC.CC(=NCC1CCCO1)c1ccccc1O.CC(=Nc1c(C)cc(C)cc1C)C(C)=Nc1c(C)cc(C)cc1C. The van der Waals surface area contributed by atoms with Gasteiger partial charge < -0.3 is 9.84 Å². The summed E-state index contributed by atoms with van der Waals surface area (Å²) < 4.78 is 5.50. The van der Waals surface area contributed by atoms with Crippen LogP contribution in [0.5, 0.6) is 5.75 Å². The van der Waals surface area contributed by atoms with E-state index in [1.807, 2.05) is 52.8 Å². The third-order valence-electron chi connectivity index (χ3n) is 7.37. The molecule has 46 heavy (non-hydrogen) atoms. The van der Waals surface area contributed by atoms with Gasteiger partial charge in [0.05, 0.1) is 35.4 Å². The zero-order valence-corrected chi connectivity index (χ0v) is 30.3. The van der Waals surface area contributed by atoms with Crippen molar-refractivity contribution in [2.45, 2.75) is 95.1 Å². The van der Waals surface area contributed by atoms with Gasteiger partial charge in [-0.25, -0.2) is 0 Å². The Labute approximate surface area is 279 Å². The van der Waals surface area contributed by atoms with E-state index >= 15 is 0 Å². The highest BCUT2D eigenvalue weighted by Gasteiger charge is 2.15. The van der Waals surface area contributed by atoms with Crippen molar-refractivity contribution in [3.8, 4) is 5.75 Å². The highest BCUT2D eigenvalue weighted by Crippen LogP contribution is 2.27. The van der Waals surface area contributed by atoms with Crippen LogP contribution in [0.3, 0.4) is 0 Å². The average molecular weight is 624 g/mol. The lowest BCUT2D eigenvalue weighted by Crippen LogP contribution is -2.10. The second kappa shape index (κ2) is 20.8. The Morgan fingerprint density at radius 3 is 1.59 bits per heavy atom. The molecule has 0 bridgehead atoms. The molecular weight excluding hydrogens is 566 g/mol. The van der Waals surface area contributed by atoms with Gasteiger partial charge in [0, 0.05) is 17.9 Å². The molecule has 1 fully saturated rings. The van der Waals surface area contributed by atoms with Crippen molar-refractivity contribution in [3.63, 3.8) is 0 Å². The van der Waals surface area contributed by atoms with Gasteiger partial charge in [-0.2, -0.15) is 0 Å². The number of benzene rings is 3. The number of nitrogens with zero attached hydrogens (tertiary/aromatic N) is 3. The Hall–Kier alpha value is -4.09. The molecule has 1 heterocycles. The number of phenols is 1. The third kappa shape index (κ3) is 13.1. The summed E-state index contributed by atoms with van der Waals surface area (Å²) >= 11 is 0. The van der Waals surface area contributed by atoms with Crippen molar-refractivity contribution in [1.29, 1.82) is 0 Å². The predicted octanol–water partition coefficient (Wildman–Crippen LogP) is 11.2. The molecule has 1 aliphatic rings. The number of allylic oxidation sites excluding steroid dienone is 2. The van der Waals surface area contributed by atoms with Gasteiger partial charge in [0.25, 0.3) is 0 Å². The van der Waals surface area contributed by atoms with Crippen molar-refractivity contribution in [1.82, 2.24) is 0 Å². The van der Waals surface area contributed by atoms with Crippen LogP contribution in [0, 0.1) is 41.5 Å². The molecule has 248 valence electrons. The minimum atomic E-state index is 0.265. The number of phenolic OH excluding ortho intramolecular Hbond substituents is 1. The molecule has 1 N–H and O–H groups in total. The quantitative estimate of drug-likeness (QED) is 0.210. The number of hydrogen-bond acceptors (Lipinski definition) is 5. The minimum Gasteiger partial charge on any atom is -0.507 e. The summed E-state index contributed by atoms with van der Waals surface area (Å²) in [6.45, 7) is 31.0. The van der Waals surface area contributed by atoms with Crippen LogP contribution in [0.15, 0.2) is 88.8 Å². The fourth-order valence-electron chi connectivity index (χ4n) is 5.09. The van der Waals surface area contributed by atoms with Crippen LogP contribution >= 0.6 is 0 Å². The number of ether oxygens (including phenoxy) is 1. The summed E-state index contributed by atoms with van der Waals surface area (Å²) in [7, 11) is 0. The van der Waals surface area contributed by atoms with Crippen LogP contribution in [0.4, 0.5) is 11.4 Å². The molecule has 0 spiro atoms. The third-order valence-corrected chi connectivity index (χ3v) is 7.37. The number of aromatic hydroxyl groups is 1. The van der Waals surface area contributed by atoms with Crippen molar-refractivity contribution < 1.29 is 9.84 Å². The minimum absolute atomic E-state index is 0.265. The Balaban J connectivity index is 0.000000413. The van der Waals surface area contributed by atoms with Gasteiger partial charge in [-0.15, -0.1) is 0 Å². The smallest absolute Gasteiger partial charge is 0.124 e. The van der Waals surface area contributed by atoms with Gasteiger partial charge in [-0.3, -0.25) is 15.0 Å². The summed E-state index contributed by atoms with van der Waals surface area (Å²) in [6, 6.07) is 16.0. The van der Waals surface area contributed by atoms with Crippen molar-refractivity contribution in [2.24, 2.45) is 15.0 Å². The maximum absolute atomic E-state index is 9.66. The lowest BCUT2D eigenvalue weighted by molar-refractivity contribution is 0.118. The summed E-state index contributed by atoms with van der Waals surface area (Å²) in [4.78, 5) is 14.2. The van der Waals surface area contributed by atoms with Gasteiger partial charge in [-0.1, -0.05) is 86.7 Å². The van der Waals surface area contributed by atoms with Crippen LogP contribution in [0.2, 0.25) is 0 Å². The van der Waals surface area contributed by atoms with E-state index in [-0.39, 0.29) is 11.9 Å². The molecule has 5 nitrogen and oxygen atoms in total. The summed E-state index contributed by atoms with van der Waals surface area (Å²) in [6.07, 6.45) is 5.77. The first-order valence-electron chi connectivity index (χ1n) is 16.3. The second-order valence-electron chi connectivity index (χ2n) is 11.4. The molecule has 0 amide bonds. The summed E-state index contributed by atoms with van der Waals surface area (Å²) in [5.74, 6) is 0.288. The van der Waals surface area contributed by atoms with Crippen LogP contribution < -0.4 is 0 Å². The van der Waals surface area contributed by atoms with Gasteiger partial charge in [0.1, 0.15) is 5.75 Å². The zero-order valence-electron chi connectivity index (χ0n) is 30.3. The van der Waals surface area contributed by atoms with Crippen molar-refractivity contribution >= 4 is 28.5 Å². The molecule has 0 aromatic heterocycles. The molecule has 1 aliphatic heterocycles. The molecule has 1 unspecified atom stereocenters. The predicted molar refractivity (Wildman–Crippen MR) is 203 cm³/mol. The van der Waals surface area contributed by atoms with Crippen LogP contribution in [-0.2, 0) is 4.74 Å². The van der Waals surface area contributed by atoms with Gasteiger partial charge in [0.2, 0.25) is 0 Å². The highest BCUT2D eigenvalue weighted by molar-refractivity contribution is 6.41. The van der Waals surface area contributed by atoms with Crippen molar-refractivity contribution in [2.75, 3.05) is 13.2 Å². The summed E-state index contributed by atoms with van der Waals surface area (Å²) in [5.41, 5.74) is 13.1. The van der Waals surface area contributed by atoms with E-state index in [9.17, 15) is 5.11 Å². The Morgan fingerprint density at radius 2 is 1.22 bits per heavy atom. The highest BCUT2D eigenvalue weighted by atomic mass is 16.5. The van der Waals surface area contributed by atoms with E-state index in [0.717, 1.165) is 53.5 Å². The number of para-hydroxylation sites is 1. The van der Waals surface area contributed by atoms with Crippen LogP contribution in [0.1, 0.15) is 86.4 Å². The Kier molecular flexibility index (Phi) is 18.1. The number of aryl methyl sites for hydroxylation is 6. The molecular formula is C41H57N3O2. The monoisotopic (exact) mass is 623 g/mol. The molecule has 0 aliphatic carbocycles. The second-order valence-corrected chi connectivity index (χ2v) is 11.4. The standard InChI is InChI=1S/C22H28N2.C13H17NO2.C4H6.C2H6/c1-13-9-15(3)21(16(4)10-13)23-19(7)20(8)24-22-17(5)11-14(2)12-18(22)6;1-10(12-6-2-3-7-13(12)15)14-9-11-5-4-8-16-11;1-3-4-2;1-2/h9-12H,1-8H3;2-3,6-7,11,15H,4-5,8-9H2,1H3;3-4H,1-2H2;1-2H3. The Morgan fingerprint density at radius 1 is 0.783 bits per heavy atom. The molecule has 5 heteroatoms. The van der Waals surface area contributed by atoms with E-state index in [0.29, 0.717) is 6.54 Å².